The van der Waals surface area contributed by atoms with E-state index in [0.29, 0.717) is 24.9 Å². The molecule has 1 aromatic carbocycles. The number of aryl methyl sites for hydroxylation is 1. The molecular weight excluding hydrogens is 281 g/mol. The van der Waals surface area contributed by atoms with Crippen LogP contribution < -0.4 is 10.6 Å². The third kappa shape index (κ3) is 5.39. The molecule has 1 aliphatic heterocycles. The van der Waals surface area contributed by atoms with E-state index >= 15 is 0 Å². The van der Waals surface area contributed by atoms with Crippen LogP contribution >= 0.6 is 0 Å². The van der Waals surface area contributed by atoms with Crippen LogP contribution in [-0.2, 0) is 11.2 Å². The van der Waals surface area contributed by atoms with Gasteiger partial charge in [-0.2, -0.15) is 0 Å². The highest BCUT2D eigenvalue weighted by molar-refractivity contribution is 5.78. The third-order valence-corrected chi connectivity index (χ3v) is 4.19. The second-order valence-electron chi connectivity index (χ2n) is 5.91. The largest absolute Gasteiger partial charge is 0.355 e. The average molecular weight is 307 g/mol. The molecule has 4 nitrogen and oxygen atoms in total. The number of benzene rings is 1. The Labute approximate surface area is 132 Å². The maximum absolute atomic E-state index is 13.5. The number of hydrogen-bond acceptors (Lipinski definition) is 3. The van der Waals surface area contributed by atoms with E-state index in [-0.39, 0.29) is 17.6 Å². The van der Waals surface area contributed by atoms with E-state index in [0.717, 1.165) is 32.7 Å². The Morgan fingerprint density at radius 1 is 1.36 bits per heavy atom. The number of piperazine rings is 1. The molecule has 1 aliphatic rings. The van der Waals surface area contributed by atoms with Crippen molar-refractivity contribution in [1.82, 2.24) is 15.5 Å². The summed E-state index contributed by atoms with van der Waals surface area (Å²) in [7, 11) is 0. The Hall–Kier alpha value is -1.46. The fraction of sp³-hybridized carbons (Fsp3) is 0.588. The van der Waals surface area contributed by atoms with Gasteiger partial charge in [0.25, 0.3) is 0 Å². The molecule has 1 unspecified atom stereocenters. The molecule has 1 amide bonds. The lowest BCUT2D eigenvalue weighted by molar-refractivity contribution is -0.124. The summed E-state index contributed by atoms with van der Waals surface area (Å²) in [5, 5.41) is 6.30. The lowest BCUT2D eigenvalue weighted by Crippen LogP contribution is -2.46. The Balaban J connectivity index is 1.65. The Kier molecular flexibility index (Phi) is 6.80. The fourth-order valence-electron chi connectivity index (χ4n) is 2.65. The zero-order valence-corrected chi connectivity index (χ0v) is 13.3. The van der Waals surface area contributed by atoms with Gasteiger partial charge in [-0.25, -0.2) is 4.39 Å². The van der Waals surface area contributed by atoms with Crippen LogP contribution in [-0.4, -0.2) is 50.1 Å². The molecule has 122 valence electrons. The zero-order valence-electron chi connectivity index (χ0n) is 13.3. The predicted octanol–water partition coefficient (Wildman–Crippen LogP) is 1.42. The number of amides is 1. The minimum Gasteiger partial charge on any atom is -0.355 e. The Morgan fingerprint density at radius 2 is 2.09 bits per heavy atom. The number of carbonyl (C=O) groups is 1. The first kappa shape index (κ1) is 16.9. The number of nitrogens with zero attached hydrogens (tertiary/aromatic N) is 1. The number of nitrogens with one attached hydrogen (secondary N) is 2. The van der Waals surface area contributed by atoms with Crippen LogP contribution in [0.3, 0.4) is 0 Å². The topological polar surface area (TPSA) is 44.4 Å². The summed E-state index contributed by atoms with van der Waals surface area (Å²) in [6.07, 6.45) is 1.26. The molecule has 2 rings (SSSR count). The highest BCUT2D eigenvalue weighted by Crippen LogP contribution is 2.13. The standard InChI is InChI=1S/C17H26FN3O/c1-14(6-7-15-4-2-3-5-16(15)18)17(22)20-10-13-21-11-8-19-9-12-21/h2-5,14,19H,6-13H2,1H3,(H,20,22). The Bertz CT molecular complexity index is 475. The molecule has 0 spiro atoms. The molecule has 1 fully saturated rings. The molecule has 1 aromatic rings. The molecule has 0 saturated carbocycles. The first-order chi connectivity index (χ1) is 10.7. The zero-order chi connectivity index (χ0) is 15.8. The van der Waals surface area contributed by atoms with Crippen LogP contribution in [0, 0.1) is 11.7 Å². The van der Waals surface area contributed by atoms with Crippen LogP contribution in [0.5, 0.6) is 0 Å². The molecule has 1 saturated heterocycles. The molecule has 0 radical (unpaired) electrons. The summed E-state index contributed by atoms with van der Waals surface area (Å²) >= 11 is 0. The normalized spacial score (nSPS) is 17.2. The summed E-state index contributed by atoms with van der Waals surface area (Å²) in [6.45, 7) is 7.61. The van der Waals surface area contributed by atoms with Gasteiger partial charge in [0.2, 0.25) is 5.91 Å². The number of rotatable bonds is 7. The average Bonchev–Trinajstić information content (AvgIpc) is 2.54. The molecule has 0 bridgehead atoms. The molecule has 2 N–H and O–H groups in total. The van der Waals surface area contributed by atoms with Crippen molar-refractivity contribution in [3.63, 3.8) is 0 Å². The van der Waals surface area contributed by atoms with E-state index in [1.807, 2.05) is 13.0 Å². The minimum absolute atomic E-state index is 0.0615. The highest BCUT2D eigenvalue weighted by atomic mass is 19.1. The molecule has 1 heterocycles. The van der Waals surface area contributed by atoms with E-state index in [1.54, 1.807) is 12.1 Å². The van der Waals surface area contributed by atoms with Crippen molar-refractivity contribution in [2.45, 2.75) is 19.8 Å². The van der Waals surface area contributed by atoms with Gasteiger partial charge in [0.05, 0.1) is 0 Å². The lowest BCUT2D eigenvalue weighted by Gasteiger charge is -2.27. The maximum Gasteiger partial charge on any atom is 0.222 e. The molecule has 5 heteroatoms. The minimum atomic E-state index is -0.186. The quantitative estimate of drug-likeness (QED) is 0.801. The lowest BCUT2D eigenvalue weighted by atomic mass is 10.00. The smallest absolute Gasteiger partial charge is 0.222 e. The number of carbonyl (C=O) groups excluding carboxylic acids is 1. The summed E-state index contributed by atoms with van der Waals surface area (Å²) in [6, 6.07) is 6.76. The van der Waals surface area contributed by atoms with Gasteiger partial charge in [-0.3, -0.25) is 9.69 Å². The summed E-state index contributed by atoms with van der Waals surface area (Å²) < 4.78 is 13.5. The van der Waals surface area contributed by atoms with Gasteiger partial charge in [0.1, 0.15) is 5.82 Å². The molecular formula is C17H26FN3O. The van der Waals surface area contributed by atoms with Crippen molar-refractivity contribution in [3.8, 4) is 0 Å². The molecule has 22 heavy (non-hydrogen) atoms. The molecule has 0 aliphatic carbocycles. The van der Waals surface area contributed by atoms with Gasteiger partial charge in [-0.05, 0) is 24.5 Å². The molecule has 1 atom stereocenters. The predicted molar refractivity (Wildman–Crippen MR) is 86.2 cm³/mol. The van der Waals surface area contributed by atoms with Crippen molar-refractivity contribution in [2.24, 2.45) is 5.92 Å². The van der Waals surface area contributed by atoms with Crippen LogP contribution in [0.4, 0.5) is 4.39 Å². The fourth-order valence-corrected chi connectivity index (χ4v) is 2.65. The van der Waals surface area contributed by atoms with E-state index < -0.39 is 0 Å². The van der Waals surface area contributed by atoms with Crippen molar-refractivity contribution < 1.29 is 9.18 Å². The number of halogens is 1. The first-order valence-corrected chi connectivity index (χ1v) is 8.11. The monoisotopic (exact) mass is 307 g/mol. The SMILES string of the molecule is CC(CCc1ccccc1F)C(=O)NCCN1CCNCC1. The van der Waals surface area contributed by atoms with Crippen LogP contribution in [0.2, 0.25) is 0 Å². The van der Waals surface area contributed by atoms with Crippen molar-refractivity contribution in [1.29, 1.82) is 0 Å². The summed E-state index contributed by atoms with van der Waals surface area (Å²) in [4.78, 5) is 14.4. The van der Waals surface area contributed by atoms with Gasteiger partial charge in [-0.1, -0.05) is 25.1 Å². The van der Waals surface area contributed by atoms with E-state index in [1.165, 1.54) is 6.07 Å². The van der Waals surface area contributed by atoms with Gasteiger partial charge in [0, 0.05) is 45.2 Å². The van der Waals surface area contributed by atoms with Crippen LogP contribution in [0.25, 0.3) is 0 Å². The first-order valence-electron chi connectivity index (χ1n) is 8.11. The highest BCUT2D eigenvalue weighted by Gasteiger charge is 2.14. The van der Waals surface area contributed by atoms with Gasteiger partial charge >= 0.3 is 0 Å². The van der Waals surface area contributed by atoms with E-state index in [4.69, 9.17) is 0 Å². The van der Waals surface area contributed by atoms with Gasteiger partial charge in [-0.15, -0.1) is 0 Å². The van der Waals surface area contributed by atoms with E-state index in [2.05, 4.69) is 15.5 Å². The van der Waals surface area contributed by atoms with Gasteiger partial charge < -0.3 is 10.6 Å². The Morgan fingerprint density at radius 3 is 2.82 bits per heavy atom. The van der Waals surface area contributed by atoms with Gasteiger partial charge in [0.15, 0.2) is 0 Å². The van der Waals surface area contributed by atoms with Crippen molar-refractivity contribution in [2.75, 3.05) is 39.3 Å². The molecule has 0 aromatic heterocycles. The van der Waals surface area contributed by atoms with Crippen LogP contribution in [0.15, 0.2) is 24.3 Å². The number of hydrogen-bond donors (Lipinski definition) is 2. The second-order valence-corrected chi connectivity index (χ2v) is 5.91. The van der Waals surface area contributed by atoms with Crippen molar-refractivity contribution >= 4 is 5.91 Å². The van der Waals surface area contributed by atoms with Crippen LogP contribution in [0.1, 0.15) is 18.9 Å². The second kappa shape index (κ2) is 8.86. The maximum atomic E-state index is 13.5. The van der Waals surface area contributed by atoms with E-state index in [9.17, 15) is 9.18 Å². The van der Waals surface area contributed by atoms with Crippen molar-refractivity contribution in [3.05, 3.63) is 35.6 Å². The summed E-state index contributed by atoms with van der Waals surface area (Å²) in [5.74, 6) is -0.220. The third-order valence-electron chi connectivity index (χ3n) is 4.19. The summed E-state index contributed by atoms with van der Waals surface area (Å²) in [5.41, 5.74) is 0.683.